The molecule has 0 radical (unpaired) electrons. The van der Waals surface area contributed by atoms with Crippen molar-refractivity contribution in [2.24, 2.45) is 0 Å². The molecule has 0 bridgehead atoms. The van der Waals surface area contributed by atoms with Crippen molar-refractivity contribution in [3.63, 3.8) is 0 Å². The van der Waals surface area contributed by atoms with Crippen LogP contribution in [-0.2, 0) is 9.59 Å². The molecule has 0 aliphatic rings. The molecule has 0 unspecified atom stereocenters. The number of likely N-dealkylation sites (N-methyl/N-ethyl adjacent to an activating group) is 1. The van der Waals surface area contributed by atoms with Crippen molar-refractivity contribution >= 4 is 41.2 Å². The summed E-state index contributed by atoms with van der Waals surface area (Å²) in [5.41, 5.74) is -0.656. The van der Waals surface area contributed by atoms with Gasteiger partial charge in [0.05, 0.1) is 0 Å². The van der Waals surface area contributed by atoms with E-state index in [-0.39, 0.29) is 0 Å². The second-order valence-electron chi connectivity index (χ2n) is 4.76. The van der Waals surface area contributed by atoms with Gasteiger partial charge >= 0.3 is 5.97 Å². The van der Waals surface area contributed by atoms with Crippen LogP contribution in [0, 0.1) is 0 Å². The summed E-state index contributed by atoms with van der Waals surface area (Å²) in [6.07, 6.45) is 2.80. The molecule has 6 heteroatoms. The molecule has 108 valence electrons. The van der Waals surface area contributed by atoms with Crippen molar-refractivity contribution in [3.8, 4) is 0 Å². The van der Waals surface area contributed by atoms with Crippen LogP contribution >= 0.6 is 23.2 Å². The van der Waals surface area contributed by atoms with E-state index in [0.717, 1.165) is 4.90 Å². The van der Waals surface area contributed by atoms with Gasteiger partial charge in [-0.1, -0.05) is 29.3 Å². The lowest BCUT2D eigenvalue weighted by Gasteiger charge is -2.30. The van der Waals surface area contributed by atoms with E-state index in [1.165, 1.54) is 33.0 Å². The summed E-state index contributed by atoms with van der Waals surface area (Å²) in [6.45, 7) is 2.91. The van der Waals surface area contributed by atoms with Gasteiger partial charge in [-0.2, -0.15) is 0 Å². The summed E-state index contributed by atoms with van der Waals surface area (Å²) in [7, 11) is 1.43. The Morgan fingerprint density at radius 1 is 1.30 bits per heavy atom. The number of carboxylic acid groups (broad SMARTS) is 1. The zero-order valence-corrected chi connectivity index (χ0v) is 12.9. The molecule has 1 aromatic rings. The monoisotopic (exact) mass is 315 g/mol. The fourth-order valence-electron chi connectivity index (χ4n) is 1.33. The Morgan fingerprint density at radius 3 is 2.40 bits per heavy atom. The second-order valence-corrected chi connectivity index (χ2v) is 5.60. The van der Waals surface area contributed by atoms with E-state index in [0.29, 0.717) is 15.6 Å². The number of rotatable bonds is 4. The first-order valence-electron chi connectivity index (χ1n) is 5.80. The number of carbonyl (C=O) groups excluding carboxylic acids is 1. The fourth-order valence-corrected chi connectivity index (χ4v) is 1.80. The van der Waals surface area contributed by atoms with Crippen molar-refractivity contribution in [2.45, 2.75) is 19.4 Å². The Morgan fingerprint density at radius 2 is 1.90 bits per heavy atom. The van der Waals surface area contributed by atoms with E-state index in [9.17, 15) is 9.59 Å². The lowest BCUT2D eigenvalue weighted by Crippen LogP contribution is -2.50. The highest BCUT2D eigenvalue weighted by Crippen LogP contribution is 2.22. The predicted molar refractivity (Wildman–Crippen MR) is 80.0 cm³/mol. The molecular formula is C14H15Cl2NO3. The minimum atomic E-state index is -1.29. The van der Waals surface area contributed by atoms with E-state index < -0.39 is 17.4 Å². The van der Waals surface area contributed by atoms with Gasteiger partial charge in [-0.05, 0) is 37.6 Å². The molecule has 4 nitrogen and oxygen atoms in total. The standard InChI is InChI=1S/C14H15Cl2NO3/c1-14(2,13(19)20)17(3)12(18)7-5-9-4-6-10(15)8-11(9)16/h4-8H,1-3H3,(H,19,20). The molecule has 0 fully saturated rings. The average molecular weight is 316 g/mol. The Balaban J connectivity index is 2.90. The van der Waals surface area contributed by atoms with E-state index in [4.69, 9.17) is 28.3 Å². The van der Waals surface area contributed by atoms with Gasteiger partial charge in [0.2, 0.25) is 5.91 Å². The highest BCUT2D eigenvalue weighted by Gasteiger charge is 2.34. The number of hydrogen-bond acceptors (Lipinski definition) is 2. The molecule has 0 atom stereocenters. The number of amides is 1. The highest BCUT2D eigenvalue weighted by atomic mass is 35.5. The predicted octanol–water partition coefficient (Wildman–Crippen LogP) is 3.33. The summed E-state index contributed by atoms with van der Waals surface area (Å²) in [5.74, 6) is -1.50. The summed E-state index contributed by atoms with van der Waals surface area (Å²) in [5, 5.41) is 9.99. The first-order chi connectivity index (χ1) is 9.16. The quantitative estimate of drug-likeness (QED) is 0.867. The van der Waals surface area contributed by atoms with Gasteiger partial charge < -0.3 is 10.0 Å². The number of nitrogens with zero attached hydrogens (tertiary/aromatic N) is 1. The largest absolute Gasteiger partial charge is 0.480 e. The number of aliphatic carboxylic acids is 1. The molecule has 1 aromatic carbocycles. The van der Waals surface area contributed by atoms with Crippen LogP contribution < -0.4 is 0 Å². The zero-order valence-electron chi connectivity index (χ0n) is 11.4. The van der Waals surface area contributed by atoms with Crippen LogP contribution in [0.2, 0.25) is 10.0 Å². The first kappa shape index (κ1) is 16.5. The van der Waals surface area contributed by atoms with Gasteiger partial charge in [0.15, 0.2) is 0 Å². The first-order valence-corrected chi connectivity index (χ1v) is 6.56. The number of hydrogen-bond donors (Lipinski definition) is 1. The summed E-state index contributed by atoms with van der Waals surface area (Å²) in [4.78, 5) is 24.2. The third-order valence-corrected chi connectivity index (χ3v) is 3.62. The maximum atomic E-state index is 12.0. The third-order valence-electron chi connectivity index (χ3n) is 3.06. The van der Waals surface area contributed by atoms with Crippen molar-refractivity contribution < 1.29 is 14.7 Å². The molecule has 0 saturated heterocycles. The maximum Gasteiger partial charge on any atom is 0.329 e. The smallest absolute Gasteiger partial charge is 0.329 e. The van der Waals surface area contributed by atoms with Gasteiger partial charge in [0.1, 0.15) is 5.54 Å². The van der Waals surface area contributed by atoms with Crippen molar-refractivity contribution in [1.82, 2.24) is 4.90 Å². The van der Waals surface area contributed by atoms with Gasteiger partial charge in [-0.25, -0.2) is 4.79 Å². The van der Waals surface area contributed by atoms with E-state index in [2.05, 4.69) is 0 Å². The number of halogens is 2. The lowest BCUT2D eigenvalue weighted by molar-refractivity contribution is -0.153. The van der Waals surface area contributed by atoms with E-state index >= 15 is 0 Å². The van der Waals surface area contributed by atoms with Gasteiger partial charge in [-0.15, -0.1) is 0 Å². The minimum Gasteiger partial charge on any atom is -0.480 e. The van der Waals surface area contributed by atoms with Crippen LogP contribution in [0.5, 0.6) is 0 Å². The Bertz CT molecular complexity index is 568. The summed E-state index contributed by atoms with van der Waals surface area (Å²) < 4.78 is 0. The zero-order chi connectivity index (χ0) is 15.5. The number of benzene rings is 1. The van der Waals surface area contributed by atoms with E-state index in [1.807, 2.05) is 0 Å². The fraction of sp³-hybridized carbons (Fsp3) is 0.286. The molecule has 0 saturated carbocycles. The molecule has 1 N–H and O–H groups in total. The normalized spacial score (nSPS) is 11.7. The summed E-state index contributed by atoms with van der Waals surface area (Å²) in [6, 6.07) is 4.90. The van der Waals surface area contributed by atoms with Crippen LogP contribution in [0.15, 0.2) is 24.3 Å². The van der Waals surface area contributed by atoms with Crippen molar-refractivity contribution in [3.05, 3.63) is 39.9 Å². The molecule has 0 aromatic heterocycles. The molecule has 0 spiro atoms. The Hall–Kier alpha value is -1.52. The summed E-state index contributed by atoms with van der Waals surface area (Å²) >= 11 is 11.8. The Kier molecular flexibility index (Phi) is 5.20. The molecule has 20 heavy (non-hydrogen) atoms. The van der Waals surface area contributed by atoms with Crippen LogP contribution in [0.4, 0.5) is 0 Å². The van der Waals surface area contributed by atoms with Crippen LogP contribution in [-0.4, -0.2) is 34.5 Å². The average Bonchev–Trinajstić information content (AvgIpc) is 2.36. The lowest BCUT2D eigenvalue weighted by atomic mass is 10.0. The van der Waals surface area contributed by atoms with Gasteiger partial charge in [-0.3, -0.25) is 4.79 Å². The molecule has 0 aliphatic carbocycles. The second kappa shape index (κ2) is 6.29. The van der Waals surface area contributed by atoms with Gasteiger partial charge in [0, 0.05) is 23.2 Å². The van der Waals surface area contributed by atoms with E-state index in [1.54, 1.807) is 18.2 Å². The molecule has 1 rings (SSSR count). The SMILES string of the molecule is CN(C(=O)C=Cc1ccc(Cl)cc1Cl)C(C)(C)C(=O)O. The molecular weight excluding hydrogens is 301 g/mol. The molecule has 0 aliphatic heterocycles. The Labute approximate surface area is 127 Å². The van der Waals surface area contributed by atoms with Crippen molar-refractivity contribution in [2.75, 3.05) is 7.05 Å². The molecule has 0 heterocycles. The topological polar surface area (TPSA) is 57.6 Å². The number of carbonyl (C=O) groups is 2. The number of carboxylic acids is 1. The van der Waals surface area contributed by atoms with Crippen molar-refractivity contribution in [1.29, 1.82) is 0 Å². The maximum absolute atomic E-state index is 12.0. The van der Waals surface area contributed by atoms with Gasteiger partial charge in [0.25, 0.3) is 0 Å². The third kappa shape index (κ3) is 3.74. The minimum absolute atomic E-state index is 0.418. The van der Waals surface area contributed by atoms with Crippen LogP contribution in [0.25, 0.3) is 6.08 Å². The molecule has 1 amide bonds. The highest BCUT2D eigenvalue weighted by molar-refractivity contribution is 6.35. The van der Waals surface area contributed by atoms with Crippen LogP contribution in [0.3, 0.4) is 0 Å². The van der Waals surface area contributed by atoms with Crippen LogP contribution in [0.1, 0.15) is 19.4 Å².